The van der Waals surface area contributed by atoms with Gasteiger partial charge in [0.25, 0.3) is 0 Å². The topological polar surface area (TPSA) is 52.5 Å². The summed E-state index contributed by atoms with van der Waals surface area (Å²) in [5.74, 6) is 2.43. The molecule has 1 heterocycles. The van der Waals surface area contributed by atoms with Crippen LogP contribution in [0.15, 0.2) is 16.9 Å². The summed E-state index contributed by atoms with van der Waals surface area (Å²) in [6, 6.07) is 0. The van der Waals surface area contributed by atoms with E-state index in [0.717, 1.165) is 48.4 Å². The summed E-state index contributed by atoms with van der Waals surface area (Å²) in [4.78, 5) is 13.2. The lowest BCUT2D eigenvalue weighted by molar-refractivity contribution is 0.153. The Hall–Kier alpha value is -0.720. The largest absolute Gasteiger partial charge is 0.395 e. The van der Waals surface area contributed by atoms with Crippen LogP contribution in [0, 0.1) is 11.8 Å². The smallest absolute Gasteiger partial charge is 0.225 e. The number of aromatic nitrogens is 2. The fourth-order valence-electron chi connectivity index (χ4n) is 3.57. The van der Waals surface area contributed by atoms with E-state index in [1.807, 2.05) is 0 Å². The Labute approximate surface area is 154 Å². The van der Waals surface area contributed by atoms with E-state index >= 15 is 0 Å². The summed E-state index contributed by atoms with van der Waals surface area (Å²) in [5, 5.41) is 9.11. The zero-order chi connectivity index (χ0) is 17.4. The Morgan fingerprint density at radius 2 is 1.75 bits per heavy atom. The average Bonchev–Trinajstić information content (AvgIpc) is 2.61. The van der Waals surface area contributed by atoms with Gasteiger partial charge in [-0.2, -0.15) is 0 Å². The minimum Gasteiger partial charge on any atom is -0.395 e. The lowest BCUT2D eigenvalue weighted by Crippen LogP contribution is -2.34. The molecule has 1 aliphatic rings. The molecule has 1 N–H and O–H groups in total. The third-order valence-corrected chi connectivity index (χ3v) is 5.58. The average molecular weight is 399 g/mol. The molecule has 6 heteroatoms. The van der Waals surface area contributed by atoms with Gasteiger partial charge in [-0.15, -0.1) is 0 Å². The molecule has 1 aliphatic carbocycles. The van der Waals surface area contributed by atoms with Gasteiger partial charge in [0.1, 0.15) is 0 Å². The van der Waals surface area contributed by atoms with Gasteiger partial charge in [-0.05, 0) is 53.6 Å². The molecule has 24 heavy (non-hydrogen) atoms. The van der Waals surface area contributed by atoms with Gasteiger partial charge in [-0.1, -0.05) is 19.8 Å². The molecule has 0 saturated heterocycles. The maximum Gasteiger partial charge on any atom is 0.225 e. The first-order chi connectivity index (χ1) is 11.6. The highest BCUT2D eigenvalue weighted by Crippen LogP contribution is 2.31. The van der Waals surface area contributed by atoms with Gasteiger partial charge in [-0.25, -0.2) is 9.97 Å². The van der Waals surface area contributed by atoms with Crippen LogP contribution >= 0.6 is 15.9 Å². The first-order valence-electron chi connectivity index (χ1n) is 9.14. The van der Waals surface area contributed by atoms with Crippen LogP contribution in [0.5, 0.6) is 0 Å². The van der Waals surface area contributed by atoms with Crippen molar-refractivity contribution in [2.75, 3.05) is 44.7 Å². The molecule has 0 atom stereocenters. The Morgan fingerprint density at radius 3 is 2.33 bits per heavy atom. The monoisotopic (exact) mass is 398 g/mol. The van der Waals surface area contributed by atoms with Crippen molar-refractivity contribution >= 4 is 21.9 Å². The van der Waals surface area contributed by atoms with Crippen LogP contribution in [0.2, 0.25) is 0 Å². The summed E-state index contributed by atoms with van der Waals surface area (Å²) in [7, 11) is 2.07. The van der Waals surface area contributed by atoms with E-state index in [1.165, 1.54) is 32.1 Å². The number of hydrogen-bond acceptors (Lipinski definition) is 5. The Kier molecular flexibility index (Phi) is 8.42. The highest BCUT2D eigenvalue weighted by atomic mass is 79.9. The van der Waals surface area contributed by atoms with Gasteiger partial charge >= 0.3 is 0 Å². The number of aliphatic hydroxyl groups is 1. The van der Waals surface area contributed by atoms with Crippen molar-refractivity contribution in [1.82, 2.24) is 14.9 Å². The predicted molar refractivity (Wildman–Crippen MR) is 102 cm³/mol. The number of halogens is 1. The molecule has 2 rings (SSSR count). The van der Waals surface area contributed by atoms with E-state index in [9.17, 15) is 0 Å². The van der Waals surface area contributed by atoms with Crippen molar-refractivity contribution in [3.05, 3.63) is 16.9 Å². The summed E-state index contributed by atoms with van der Waals surface area (Å²) in [5.41, 5.74) is 0. The second kappa shape index (κ2) is 10.3. The lowest BCUT2D eigenvalue weighted by Gasteiger charge is -2.32. The van der Waals surface area contributed by atoms with Crippen molar-refractivity contribution < 1.29 is 5.11 Å². The zero-order valence-corrected chi connectivity index (χ0v) is 16.6. The second-order valence-corrected chi connectivity index (χ2v) is 7.83. The third-order valence-electron chi connectivity index (χ3n) is 5.17. The van der Waals surface area contributed by atoms with Crippen LogP contribution < -0.4 is 4.90 Å². The molecule has 1 aromatic heterocycles. The first-order valence-corrected chi connectivity index (χ1v) is 9.93. The number of hydrogen-bond donors (Lipinski definition) is 1. The third kappa shape index (κ3) is 6.30. The lowest BCUT2D eigenvalue weighted by atomic mass is 9.80. The van der Waals surface area contributed by atoms with E-state index < -0.39 is 0 Å². The van der Waals surface area contributed by atoms with Crippen LogP contribution in [0.25, 0.3) is 0 Å². The number of rotatable bonds is 9. The summed E-state index contributed by atoms with van der Waals surface area (Å²) >= 11 is 3.37. The number of nitrogens with zero attached hydrogens (tertiary/aromatic N) is 4. The number of likely N-dealkylation sites (N-methyl/N-ethyl adjacent to an activating group) is 1. The SMILES string of the molecule is CCN(CCO)C[C@H]1CC[C@H](CCN(C)c2ncc(Br)cn2)CC1. The fourth-order valence-corrected chi connectivity index (χ4v) is 3.77. The van der Waals surface area contributed by atoms with Crippen LogP contribution in [0.1, 0.15) is 39.0 Å². The van der Waals surface area contributed by atoms with Crippen LogP contribution in [0.3, 0.4) is 0 Å². The zero-order valence-electron chi connectivity index (χ0n) is 15.0. The maximum absolute atomic E-state index is 9.11. The highest BCUT2D eigenvalue weighted by molar-refractivity contribution is 9.10. The van der Waals surface area contributed by atoms with Crippen LogP contribution in [-0.2, 0) is 0 Å². The van der Waals surface area contributed by atoms with E-state index in [4.69, 9.17) is 5.11 Å². The molecule has 0 spiro atoms. The van der Waals surface area contributed by atoms with Gasteiger partial charge < -0.3 is 14.9 Å². The van der Waals surface area contributed by atoms with E-state index in [0.29, 0.717) is 0 Å². The molecule has 0 amide bonds. The molecular formula is C18H31BrN4O. The van der Waals surface area contributed by atoms with Gasteiger partial charge in [0, 0.05) is 39.1 Å². The molecular weight excluding hydrogens is 368 g/mol. The standard InChI is InChI=1S/C18H31BrN4O/c1-3-23(10-11-24)14-16-6-4-15(5-7-16)8-9-22(2)18-20-12-17(19)13-21-18/h12-13,15-16,24H,3-11,14H2,1-2H3/t15-,16-. The van der Waals surface area contributed by atoms with Crippen LogP contribution in [-0.4, -0.2) is 59.8 Å². The number of aliphatic hydroxyl groups excluding tert-OH is 1. The van der Waals surface area contributed by atoms with Crippen molar-refractivity contribution in [2.24, 2.45) is 11.8 Å². The maximum atomic E-state index is 9.11. The molecule has 0 bridgehead atoms. The quantitative estimate of drug-likeness (QED) is 0.691. The van der Waals surface area contributed by atoms with E-state index in [-0.39, 0.29) is 6.61 Å². The van der Waals surface area contributed by atoms with Gasteiger partial charge in [0.2, 0.25) is 5.95 Å². The van der Waals surface area contributed by atoms with E-state index in [1.54, 1.807) is 12.4 Å². The van der Waals surface area contributed by atoms with Crippen molar-refractivity contribution in [3.63, 3.8) is 0 Å². The molecule has 1 aromatic rings. The molecule has 1 fully saturated rings. The predicted octanol–water partition coefficient (Wildman–Crippen LogP) is 3.19. The van der Waals surface area contributed by atoms with Crippen LogP contribution in [0.4, 0.5) is 5.95 Å². The molecule has 0 radical (unpaired) electrons. The molecule has 5 nitrogen and oxygen atoms in total. The first kappa shape index (κ1) is 19.6. The minimum absolute atomic E-state index is 0.271. The van der Waals surface area contributed by atoms with Gasteiger partial charge in [0.15, 0.2) is 0 Å². The molecule has 0 aromatic carbocycles. The van der Waals surface area contributed by atoms with Gasteiger partial charge in [-0.3, -0.25) is 0 Å². The van der Waals surface area contributed by atoms with Crippen molar-refractivity contribution in [3.8, 4) is 0 Å². The summed E-state index contributed by atoms with van der Waals surface area (Å²) in [6.45, 7) is 6.47. The molecule has 0 aliphatic heterocycles. The van der Waals surface area contributed by atoms with Crippen molar-refractivity contribution in [1.29, 1.82) is 0 Å². The van der Waals surface area contributed by atoms with Gasteiger partial charge in [0.05, 0.1) is 11.1 Å². The second-order valence-electron chi connectivity index (χ2n) is 6.92. The normalized spacial score (nSPS) is 21.2. The summed E-state index contributed by atoms with van der Waals surface area (Å²) in [6.07, 6.45) is 10.1. The fraction of sp³-hybridized carbons (Fsp3) is 0.778. The molecule has 0 unspecified atom stereocenters. The Bertz CT molecular complexity index is 463. The minimum atomic E-state index is 0.271. The Balaban J connectivity index is 1.68. The van der Waals surface area contributed by atoms with E-state index in [2.05, 4.69) is 49.7 Å². The highest BCUT2D eigenvalue weighted by Gasteiger charge is 2.22. The molecule has 1 saturated carbocycles. The molecule has 136 valence electrons. The number of anilines is 1. The van der Waals surface area contributed by atoms with Crippen molar-refractivity contribution in [2.45, 2.75) is 39.0 Å². The Morgan fingerprint density at radius 1 is 1.12 bits per heavy atom. The summed E-state index contributed by atoms with van der Waals surface area (Å²) < 4.78 is 0.917.